The zero-order chi connectivity index (χ0) is 30.9. The zero-order valence-corrected chi connectivity index (χ0v) is 24.2. The monoisotopic (exact) mass is 612 g/mol. The number of halogens is 1. The highest BCUT2D eigenvalue weighted by atomic mass is 19.1. The van der Waals surface area contributed by atoms with E-state index in [1.807, 2.05) is 21.8 Å². The molecule has 1 saturated heterocycles. The number of benzene rings is 2. The Morgan fingerprint density at radius 2 is 1.93 bits per heavy atom. The van der Waals surface area contributed by atoms with Gasteiger partial charge in [0.2, 0.25) is 5.88 Å². The lowest BCUT2D eigenvalue weighted by atomic mass is 10.1. The van der Waals surface area contributed by atoms with Crippen LogP contribution in [-0.2, 0) is 34.1 Å². The van der Waals surface area contributed by atoms with Crippen LogP contribution in [0.25, 0.3) is 11.0 Å². The van der Waals surface area contributed by atoms with Crippen molar-refractivity contribution in [3.8, 4) is 11.9 Å². The van der Waals surface area contributed by atoms with Gasteiger partial charge in [-0.25, -0.2) is 19.2 Å². The fourth-order valence-corrected chi connectivity index (χ4v) is 5.50. The lowest BCUT2D eigenvalue weighted by Gasteiger charge is -2.36. The number of pyridine rings is 1. The van der Waals surface area contributed by atoms with Gasteiger partial charge in [-0.1, -0.05) is 12.1 Å². The molecule has 45 heavy (non-hydrogen) atoms. The highest BCUT2D eigenvalue weighted by Crippen LogP contribution is 2.28. The van der Waals surface area contributed by atoms with Gasteiger partial charge in [0.15, 0.2) is 5.82 Å². The van der Waals surface area contributed by atoms with E-state index in [2.05, 4.69) is 4.98 Å². The molecule has 5 heterocycles. The Hall–Kier alpha value is -4.87. The van der Waals surface area contributed by atoms with Crippen LogP contribution in [0, 0.1) is 17.1 Å². The third-order valence-corrected chi connectivity index (χ3v) is 8.11. The number of carboxylic acids is 1. The van der Waals surface area contributed by atoms with Gasteiger partial charge in [0, 0.05) is 24.8 Å². The van der Waals surface area contributed by atoms with Crippen molar-refractivity contribution >= 4 is 22.8 Å². The van der Waals surface area contributed by atoms with Crippen LogP contribution in [0.5, 0.6) is 5.88 Å². The predicted octanol–water partition coefficient (Wildman–Crippen LogP) is 4.00. The van der Waals surface area contributed by atoms with Gasteiger partial charge in [0.1, 0.15) is 18.2 Å². The van der Waals surface area contributed by atoms with Gasteiger partial charge in [-0.05, 0) is 54.0 Å². The summed E-state index contributed by atoms with van der Waals surface area (Å²) in [5.74, 6) is 0.148. The molecule has 3 aliphatic rings. The number of nitrogens with zero attached hydrogens (tertiary/aromatic N) is 6. The molecule has 0 spiro atoms. The number of rotatable bonds is 9. The van der Waals surface area contributed by atoms with Crippen LogP contribution in [0.1, 0.15) is 33.7 Å². The number of carbonyl (C=O) groups is 1. The molecule has 0 bridgehead atoms. The van der Waals surface area contributed by atoms with Crippen LogP contribution in [-0.4, -0.2) is 69.7 Å². The first kappa shape index (κ1) is 28.9. The molecule has 4 aromatic rings. The molecule has 12 nitrogen and oxygen atoms in total. The first-order valence-electron chi connectivity index (χ1n) is 14.5. The molecule has 230 valence electrons. The molecular formula is C32H29FN6O6. The van der Waals surface area contributed by atoms with Gasteiger partial charge >= 0.3 is 5.97 Å². The van der Waals surface area contributed by atoms with E-state index in [1.165, 1.54) is 12.1 Å². The number of hydrogen-bond donors (Lipinski definition) is 1. The average Bonchev–Trinajstić information content (AvgIpc) is 3.37. The summed E-state index contributed by atoms with van der Waals surface area (Å²) in [7, 11) is 0. The number of aromatic carboxylic acids is 1. The number of nitriles is 1. The Bertz CT molecular complexity index is 1850. The minimum Gasteiger partial charge on any atom is -0.478 e. The maximum absolute atomic E-state index is 14.3. The van der Waals surface area contributed by atoms with Gasteiger partial charge < -0.3 is 19.1 Å². The van der Waals surface area contributed by atoms with E-state index in [9.17, 15) is 14.3 Å². The third-order valence-electron chi connectivity index (χ3n) is 8.11. The van der Waals surface area contributed by atoms with Crippen molar-refractivity contribution in [3.63, 3.8) is 0 Å². The summed E-state index contributed by atoms with van der Waals surface area (Å²) in [6.45, 7) is 3.40. The average molecular weight is 613 g/mol. The van der Waals surface area contributed by atoms with Gasteiger partial charge in [-0.3, -0.25) is 9.68 Å². The molecule has 7 rings (SSSR count). The minimum atomic E-state index is -0.982. The number of aromatic nitrogens is 3. The molecule has 0 radical (unpaired) electrons. The Morgan fingerprint density at radius 1 is 1.09 bits per heavy atom. The molecule has 1 N–H and O–H groups in total. The fourth-order valence-electron chi connectivity index (χ4n) is 5.50. The van der Waals surface area contributed by atoms with Gasteiger partial charge in [-0.2, -0.15) is 15.3 Å². The Balaban J connectivity index is 1.02. The summed E-state index contributed by atoms with van der Waals surface area (Å²) >= 11 is 0. The van der Waals surface area contributed by atoms with Crippen molar-refractivity contribution in [1.82, 2.24) is 19.6 Å². The summed E-state index contributed by atoms with van der Waals surface area (Å²) in [6, 6.07) is 16.4. The number of imidazole rings is 1. The molecule has 1 atom stereocenters. The Morgan fingerprint density at radius 3 is 2.71 bits per heavy atom. The SMILES string of the molecule is N#Cc1ccc(COc2cccc(N3CC4=C(CO3)CN(Cc3nc5ccc(C(=O)O)cc5n3CC3CCO3)OC4)n2)c(F)c1. The smallest absolute Gasteiger partial charge is 0.335 e. The first-order chi connectivity index (χ1) is 21.9. The second kappa shape index (κ2) is 12.3. The van der Waals surface area contributed by atoms with Crippen LogP contribution >= 0.6 is 0 Å². The standard InChI is InChI=1S/C32H29FN6O6/c33-26-10-20(12-34)4-5-22(26)17-43-31-3-1-2-29(36-31)39-14-24-18-44-37(13-23(24)19-45-39)16-30-35-27-7-6-21(32(40)41)11-28(27)38(30)15-25-8-9-42-25/h1-7,10-11,25H,8-9,13-19H2,(H,40,41). The summed E-state index contributed by atoms with van der Waals surface area (Å²) in [5, 5.41) is 22.0. The van der Waals surface area contributed by atoms with Crippen molar-refractivity contribution < 1.29 is 33.4 Å². The molecule has 0 aliphatic carbocycles. The largest absolute Gasteiger partial charge is 0.478 e. The number of hydroxylamine groups is 3. The molecule has 13 heteroatoms. The van der Waals surface area contributed by atoms with E-state index in [0.29, 0.717) is 56.7 Å². The van der Waals surface area contributed by atoms with Gasteiger partial charge in [-0.15, -0.1) is 0 Å². The number of ether oxygens (including phenoxy) is 2. The minimum absolute atomic E-state index is 0.0317. The van der Waals surface area contributed by atoms with Crippen molar-refractivity contribution in [1.29, 1.82) is 5.26 Å². The molecule has 1 fully saturated rings. The topological polar surface area (TPSA) is 135 Å². The Kier molecular flexibility index (Phi) is 7.86. The highest BCUT2D eigenvalue weighted by molar-refractivity contribution is 5.92. The van der Waals surface area contributed by atoms with E-state index in [1.54, 1.807) is 41.5 Å². The molecule has 0 saturated carbocycles. The Labute approximate surface area is 257 Å². The molecule has 3 aliphatic heterocycles. The van der Waals surface area contributed by atoms with Crippen LogP contribution in [0.2, 0.25) is 0 Å². The van der Waals surface area contributed by atoms with Crippen LogP contribution in [0.3, 0.4) is 0 Å². The van der Waals surface area contributed by atoms with Crippen LogP contribution in [0.4, 0.5) is 10.2 Å². The number of hydrogen-bond acceptors (Lipinski definition) is 10. The van der Waals surface area contributed by atoms with E-state index in [0.717, 1.165) is 41.0 Å². The van der Waals surface area contributed by atoms with E-state index >= 15 is 0 Å². The third kappa shape index (κ3) is 6.09. The summed E-state index contributed by atoms with van der Waals surface area (Å²) in [5.41, 5.74) is 4.47. The summed E-state index contributed by atoms with van der Waals surface area (Å²) in [4.78, 5) is 33.2. The maximum Gasteiger partial charge on any atom is 0.335 e. The van der Waals surface area contributed by atoms with Gasteiger partial charge in [0.25, 0.3) is 0 Å². The maximum atomic E-state index is 14.3. The lowest BCUT2D eigenvalue weighted by molar-refractivity contribution is -0.166. The van der Waals surface area contributed by atoms with Crippen molar-refractivity contribution in [2.24, 2.45) is 0 Å². The summed E-state index contributed by atoms with van der Waals surface area (Å²) < 4.78 is 27.7. The predicted molar refractivity (Wildman–Crippen MR) is 157 cm³/mol. The van der Waals surface area contributed by atoms with E-state index in [4.69, 9.17) is 29.4 Å². The number of anilines is 1. The first-order valence-corrected chi connectivity index (χ1v) is 14.5. The quantitative estimate of drug-likeness (QED) is 0.275. The normalized spacial score (nSPS) is 18.4. The fraction of sp³-hybridized carbons (Fsp3) is 0.312. The number of fused-ring (bicyclic) bond motifs is 1. The number of carboxylic acid groups (broad SMARTS) is 1. The van der Waals surface area contributed by atoms with Crippen LogP contribution in [0.15, 0.2) is 65.7 Å². The van der Waals surface area contributed by atoms with Crippen LogP contribution < -0.4 is 9.80 Å². The second-order valence-electron chi connectivity index (χ2n) is 11.1. The molecule has 1 unspecified atom stereocenters. The van der Waals surface area contributed by atoms with Crippen molar-refractivity contribution in [3.05, 3.63) is 94.1 Å². The molecular weight excluding hydrogens is 583 g/mol. The van der Waals surface area contributed by atoms with E-state index < -0.39 is 11.8 Å². The van der Waals surface area contributed by atoms with Crippen molar-refractivity contribution in [2.75, 3.05) is 38.0 Å². The highest BCUT2D eigenvalue weighted by Gasteiger charge is 2.29. The lowest BCUT2D eigenvalue weighted by Crippen LogP contribution is -2.42. The van der Waals surface area contributed by atoms with E-state index in [-0.39, 0.29) is 23.8 Å². The van der Waals surface area contributed by atoms with Gasteiger partial charge in [0.05, 0.1) is 67.2 Å². The molecule has 2 aromatic carbocycles. The molecule has 0 amide bonds. The summed E-state index contributed by atoms with van der Waals surface area (Å²) in [6.07, 6.45) is 1.01. The van der Waals surface area contributed by atoms with Crippen molar-refractivity contribution in [2.45, 2.75) is 32.2 Å². The zero-order valence-electron chi connectivity index (χ0n) is 24.2. The second-order valence-corrected chi connectivity index (χ2v) is 11.1. The molecule has 2 aromatic heterocycles.